The van der Waals surface area contributed by atoms with Crippen LogP contribution in [0.1, 0.15) is 65.4 Å². The Morgan fingerprint density at radius 2 is 2.03 bits per heavy atom. The Hall–Kier alpha value is -3.59. The molecule has 2 heterocycles. The second-order valence-corrected chi connectivity index (χ2v) is 10.5. The Morgan fingerprint density at radius 3 is 2.69 bits per heavy atom. The van der Waals surface area contributed by atoms with E-state index in [9.17, 15) is 9.59 Å². The largest absolute Gasteiger partial charge is 0.444 e. The van der Waals surface area contributed by atoms with Crippen molar-refractivity contribution >= 4 is 29.6 Å². The summed E-state index contributed by atoms with van der Waals surface area (Å²) in [6, 6.07) is 1.90. The maximum absolute atomic E-state index is 13.1. The van der Waals surface area contributed by atoms with Crippen molar-refractivity contribution in [1.82, 2.24) is 10.3 Å². The fourth-order valence-corrected chi connectivity index (χ4v) is 4.63. The number of quaternary nitrogens is 1. The standard InChI is InChI=1S/C27H36N6O3/c1-16(2)21(14-28)24-30-10-8-22(32-24)25(34)33-23-15-29-9-7-20(23)18-11-17(3)12-19(13-18)31-26(35)36-27(4,5)6/h7-10,14-15,17-19,28,30H,1,11-13H2,2-6H3,(H,31,35)(H,33,34)/p+1/b24-21-,28-14?/t17-,18+,19-/m0/s1. The highest BCUT2D eigenvalue weighted by Gasteiger charge is 2.31. The molecule has 1 aliphatic heterocycles. The fraction of sp³-hybridized carbons (Fsp3) is 0.444. The minimum Gasteiger partial charge on any atom is -0.444 e. The number of carbonyl (C=O) groups excluding carboxylic acids is 2. The molecule has 0 spiro atoms. The number of pyridine rings is 1. The Morgan fingerprint density at radius 1 is 1.28 bits per heavy atom. The van der Waals surface area contributed by atoms with Gasteiger partial charge < -0.3 is 20.8 Å². The molecule has 0 radical (unpaired) electrons. The van der Waals surface area contributed by atoms with Crippen LogP contribution in [0.5, 0.6) is 0 Å². The third-order valence-electron chi connectivity index (χ3n) is 6.07. The highest BCUT2D eigenvalue weighted by Crippen LogP contribution is 2.39. The molecule has 2 aliphatic rings. The highest BCUT2D eigenvalue weighted by molar-refractivity contribution is 6.47. The summed E-state index contributed by atoms with van der Waals surface area (Å²) in [5, 5.41) is 15.4. The van der Waals surface area contributed by atoms with Crippen molar-refractivity contribution in [2.45, 2.75) is 71.4 Å². The topological polar surface area (TPSA) is 133 Å². The van der Waals surface area contributed by atoms with Crippen molar-refractivity contribution in [2.24, 2.45) is 10.9 Å². The first-order chi connectivity index (χ1) is 17.0. The van der Waals surface area contributed by atoms with Gasteiger partial charge in [-0.2, -0.15) is 4.99 Å². The number of nitrogens with two attached hydrogens (primary N) is 1. The summed E-state index contributed by atoms with van der Waals surface area (Å²) in [5.74, 6) is 0.682. The summed E-state index contributed by atoms with van der Waals surface area (Å²) in [4.78, 5) is 34.2. The number of hydrogen-bond donors (Lipinski definition) is 4. The molecule has 0 aromatic carbocycles. The average molecular weight is 494 g/mol. The Balaban J connectivity index is 1.78. The van der Waals surface area contributed by atoms with Gasteiger partial charge in [0.1, 0.15) is 17.5 Å². The lowest BCUT2D eigenvalue weighted by Crippen LogP contribution is -2.77. The Bertz CT molecular complexity index is 1130. The van der Waals surface area contributed by atoms with Gasteiger partial charge in [-0.3, -0.25) is 15.1 Å². The van der Waals surface area contributed by atoms with Crippen molar-refractivity contribution in [1.29, 1.82) is 5.41 Å². The van der Waals surface area contributed by atoms with Gasteiger partial charge in [-0.15, -0.1) is 0 Å². The van der Waals surface area contributed by atoms with Gasteiger partial charge in [0.25, 0.3) is 5.91 Å². The first-order valence-electron chi connectivity index (χ1n) is 12.2. The van der Waals surface area contributed by atoms with Crippen LogP contribution in [0.25, 0.3) is 0 Å². The van der Waals surface area contributed by atoms with Crippen molar-refractivity contribution in [3.63, 3.8) is 0 Å². The predicted molar refractivity (Wildman–Crippen MR) is 141 cm³/mol. The number of alkyl carbamates (subject to hydrolysis) is 1. The smallest absolute Gasteiger partial charge is 0.407 e. The lowest BCUT2D eigenvalue weighted by molar-refractivity contribution is -0.537. The van der Waals surface area contributed by atoms with Gasteiger partial charge in [0.05, 0.1) is 17.5 Å². The van der Waals surface area contributed by atoms with Crippen LogP contribution < -0.4 is 16.0 Å². The zero-order chi connectivity index (χ0) is 26.5. The van der Waals surface area contributed by atoms with Gasteiger partial charge in [0.2, 0.25) is 5.82 Å². The highest BCUT2D eigenvalue weighted by atomic mass is 16.6. The molecule has 0 saturated heterocycles. The summed E-state index contributed by atoms with van der Waals surface area (Å²) in [5.41, 5.74) is 2.56. The van der Waals surface area contributed by atoms with E-state index in [2.05, 4.69) is 34.1 Å². The molecule has 9 nitrogen and oxygen atoms in total. The Kier molecular flexibility index (Phi) is 8.57. The number of allylic oxidation sites excluding steroid dienone is 2. The van der Waals surface area contributed by atoms with Crippen molar-refractivity contribution in [2.75, 3.05) is 5.32 Å². The van der Waals surface area contributed by atoms with Gasteiger partial charge in [0.15, 0.2) is 0 Å². The van der Waals surface area contributed by atoms with E-state index >= 15 is 0 Å². The molecule has 3 rings (SSSR count). The maximum Gasteiger partial charge on any atom is 0.407 e. The lowest BCUT2D eigenvalue weighted by Gasteiger charge is -2.35. The van der Waals surface area contributed by atoms with Crippen LogP contribution in [0.3, 0.4) is 0 Å². The zero-order valence-electron chi connectivity index (χ0n) is 21.7. The molecule has 1 aliphatic carbocycles. The summed E-state index contributed by atoms with van der Waals surface area (Å²) in [6.07, 6.45) is 10.1. The van der Waals surface area contributed by atoms with Gasteiger partial charge in [0, 0.05) is 24.5 Å². The molecule has 1 aromatic heterocycles. The molecule has 1 fully saturated rings. The average Bonchev–Trinajstić information content (AvgIpc) is 2.78. The number of rotatable bonds is 6. The van der Waals surface area contributed by atoms with Crippen LogP contribution in [0.4, 0.5) is 10.5 Å². The normalized spacial score (nSPS) is 23.2. The molecule has 36 heavy (non-hydrogen) atoms. The number of anilines is 1. The summed E-state index contributed by atoms with van der Waals surface area (Å²) < 4.78 is 5.45. The summed E-state index contributed by atoms with van der Waals surface area (Å²) >= 11 is 0. The minimum atomic E-state index is -0.556. The molecular formula is C27H37N6O3+. The predicted octanol–water partition coefficient (Wildman–Crippen LogP) is 3.79. The molecule has 9 heteroatoms. The van der Waals surface area contributed by atoms with Crippen LogP contribution in [0, 0.1) is 11.3 Å². The number of amides is 2. The van der Waals surface area contributed by atoms with E-state index in [4.69, 9.17) is 10.1 Å². The number of ether oxygens (including phenoxy) is 1. The summed E-state index contributed by atoms with van der Waals surface area (Å²) in [7, 11) is 0. The molecule has 1 aromatic rings. The second kappa shape index (κ2) is 11.4. The number of carbonyl (C=O) groups is 2. The molecule has 2 amide bonds. The monoisotopic (exact) mass is 493 g/mol. The van der Waals surface area contributed by atoms with Crippen LogP contribution in [0.15, 0.2) is 59.3 Å². The lowest BCUT2D eigenvalue weighted by atomic mass is 9.76. The van der Waals surface area contributed by atoms with Gasteiger partial charge in [-0.25, -0.2) is 4.79 Å². The summed E-state index contributed by atoms with van der Waals surface area (Å²) in [6.45, 7) is 13.4. The first-order valence-corrected chi connectivity index (χ1v) is 12.2. The first kappa shape index (κ1) is 27.0. The third kappa shape index (κ3) is 7.21. The molecule has 0 unspecified atom stereocenters. The molecule has 1 saturated carbocycles. The van der Waals surface area contributed by atoms with Crippen molar-refractivity contribution in [3.8, 4) is 0 Å². The Labute approximate surface area is 212 Å². The van der Waals surface area contributed by atoms with Crippen LogP contribution in [0.2, 0.25) is 0 Å². The van der Waals surface area contributed by atoms with E-state index in [0.717, 1.165) is 24.8 Å². The number of hydrogen-bond acceptors (Lipinski definition) is 6. The second-order valence-electron chi connectivity index (χ2n) is 10.5. The van der Waals surface area contributed by atoms with Crippen molar-refractivity contribution in [3.05, 3.63) is 59.8 Å². The fourth-order valence-electron chi connectivity index (χ4n) is 4.63. The minimum absolute atomic E-state index is 0.0270. The van der Waals surface area contributed by atoms with Gasteiger partial charge in [-0.05, 0) is 76.0 Å². The van der Waals surface area contributed by atoms with Crippen LogP contribution in [-0.2, 0) is 9.53 Å². The number of aromatic nitrogens is 1. The van der Waals surface area contributed by atoms with E-state index in [-0.39, 0.29) is 23.6 Å². The molecular weight excluding hydrogens is 456 g/mol. The van der Waals surface area contributed by atoms with E-state index < -0.39 is 11.7 Å². The van der Waals surface area contributed by atoms with E-state index in [1.807, 2.05) is 26.8 Å². The van der Waals surface area contributed by atoms with Gasteiger partial charge in [-0.1, -0.05) is 13.5 Å². The van der Waals surface area contributed by atoms with E-state index in [0.29, 0.717) is 28.6 Å². The van der Waals surface area contributed by atoms with Crippen LogP contribution in [-0.4, -0.2) is 40.6 Å². The SMILES string of the molecule is C=C(C)/C(C=N)=C1\N=C(C(=O)Nc2cnccc2[C@@H]2C[C@H](C)C[C@H](NC(=O)OC(C)(C)C)C2)C=C[NH2+]1. The zero-order valence-corrected chi connectivity index (χ0v) is 21.7. The molecule has 0 bridgehead atoms. The molecule has 3 atom stereocenters. The van der Waals surface area contributed by atoms with Gasteiger partial charge >= 0.3 is 6.09 Å². The van der Waals surface area contributed by atoms with E-state index in [1.165, 1.54) is 6.21 Å². The maximum atomic E-state index is 13.1. The quantitative estimate of drug-likeness (QED) is 0.449. The number of aliphatic imine (C=N–C) groups is 1. The molecule has 192 valence electrons. The van der Waals surface area contributed by atoms with Crippen LogP contribution >= 0.6 is 0 Å². The number of nitrogens with one attached hydrogen (secondary N) is 3. The van der Waals surface area contributed by atoms with Crippen molar-refractivity contribution < 1.29 is 19.6 Å². The number of nitrogens with zero attached hydrogens (tertiary/aromatic N) is 2. The van der Waals surface area contributed by atoms with E-state index in [1.54, 1.807) is 36.9 Å². The molecule has 5 N–H and O–H groups in total. The third-order valence-corrected chi connectivity index (χ3v) is 6.07.